The summed E-state index contributed by atoms with van der Waals surface area (Å²) >= 11 is 11.5. The minimum absolute atomic E-state index is 0.0461. The molecule has 0 aliphatic carbocycles. The third-order valence-electron chi connectivity index (χ3n) is 7.33. The fourth-order valence-electron chi connectivity index (χ4n) is 5.35. The second kappa shape index (κ2) is 11.4. The van der Waals surface area contributed by atoms with E-state index >= 15 is 4.39 Å². The van der Waals surface area contributed by atoms with Crippen molar-refractivity contribution in [3.05, 3.63) is 28.7 Å². The van der Waals surface area contributed by atoms with Gasteiger partial charge in [0.2, 0.25) is 5.95 Å². The summed E-state index contributed by atoms with van der Waals surface area (Å²) in [4.78, 5) is 65.6. The first-order chi connectivity index (χ1) is 20.9. The number of aromatic amines is 1. The third kappa shape index (κ3) is 5.62. The SMILES string of the molecule is Nc1nc2c(ncn2[C@@H]2S[C@@H]3COP(O)(=S)O[C@H]4C[C@H](n5cnc6c5N=CCC6=O)O[C@@H]4COP(O)(=S)O[C@@H]2[C@@H]3F)c(=O)[nH]1. The van der Waals surface area contributed by atoms with Crippen molar-refractivity contribution in [2.24, 2.45) is 4.99 Å². The number of Topliss-reactive ketones (excluding diaryl/α,β-unsaturated/α-hetero) is 1. The normalized spacial score (nSPS) is 37.7. The Balaban J connectivity index is 1.18. The quantitative estimate of drug-likeness (QED) is 0.276. The van der Waals surface area contributed by atoms with Crippen molar-refractivity contribution in [3.63, 3.8) is 0 Å². The summed E-state index contributed by atoms with van der Waals surface area (Å²) in [7, 11) is 0. The van der Waals surface area contributed by atoms with Gasteiger partial charge in [-0.15, -0.1) is 11.8 Å². The van der Waals surface area contributed by atoms with Gasteiger partial charge >= 0.3 is 13.4 Å². The lowest BCUT2D eigenvalue weighted by Crippen LogP contribution is -2.32. The number of alkyl halides is 1. The molecule has 3 saturated heterocycles. The Morgan fingerprint density at radius 3 is 2.66 bits per heavy atom. The average Bonchev–Trinajstić information content (AvgIpc) is 3.72. The fraction of sp³-hybridized carbons (Fsp3) is 0.524. The number of aliphatic imine (C=N–C) groups is 1. The summed E-state index contributed by atoms with van der Waals surface area (Å²) in [5, 5.41) is -1.96. The predicted octanol–water partition coefficient (Wildman–Crippen LogP) is 1.38. The van der Waals surface area contributed by atoms with Gasteiger partial charge in [-0.3, -0.25) is 28.2 Å². The van der Waals surface area contributed by atoms with E-state index in [1.54, 1.807) is 4.57 Å². The number of rotatable bonds is 2. The van der Waals surface area contributed by atoms with Gasteiger partial charge < -0.3 is 33.8 Å². The molecule has 7 heterocycles. The second-order valence-corrected chi connectivity index (χ2v) is 17.1. The van der Waals surface area contributed by atoms with Gasteiger partial charge in [0.1, 0.15) is 30.0 Å². The summed E-state index contributed by atoms with van der Waals surface area (Å²) < 4.78 is 47.8. The van der Waals surface area contributed by atoms with Crippen LogP contribution < -0.4 is 11.3 Å². The number of ketones is 1. The molecule has 0 spiro atoms. The minimum Gasteiger partial charge on any atom is -0.369 e. The molecule has 2 bridgehead atoms. The van der Waals surface area contributed by atoms with Crippen LogP contribution in [0.15, 0.2) is 22.4 Å². The summed E-state index contributed by atoms with van der Waals surface area (Å²) in [5.74, 6) is -0.0792. The van der Waals surface area contributed by atoms with Crippen LogP contribution in [-0.4, -0.2) is 93.8 Å². The highest BCUT2D eigenvalue weighted by Crippen LogP contribution is 2.57. The molecule has 3 aromatic rings. The second-order valence-electron chi connectivity index (χ2n) is 10.2. The number of H-pyrrole nitrogens is 1. The number of aromatic nitrogens is 6. The van der Waals surface area contributed by atoms with Gasteiger partial charge in [-0.05, 0) is 23.6 Å². The lowest BCUT2D eigenvalue weighted by Gasteiger charge is -2.27. The van der Waals surface area contributed by atoms with Gasteiger partial charge in [0.05, 0.1) is 37.2 Å². The van der Waals surface area contributed by atoms with E-state index in [-0.39, 0.29) is 41.4 Å². The Bertz CT molecular complexity index is 1840. The number of imidazole rings is 2. The molecule has 4 aliphatic heterocycles. The number of nitrogens with zero attached hydrogens (tertiary/aromatic N) is 6. The highest BCUT2D eigenvalue weighted by atomic mass is 32.5. The highest BCUT2D eigenvalue weighted by Gasteiger charge is 2.51. The Morgan fingerprint density at radius 2 is 1.84 bits per heavy atom. The van der Waals surface area contributed by atoms with Crippen LogP contribution in [-0.2, 0) is 46.4 Å². The molecule has 3 aromatic heterocycles. The first-order valence-electron chi connectivity index (χ1n) is 13.0. The first kappa shape index (κ1) is 30.6. The molecule has 9 atom stereocenters. The van der Waals surface area contributed by atoms with E-state index in [9.17, 15) is 19.4 Å². The van der Waals surface area contributed by atoms with Gasteiger partial charge in [-0.1, -0.05) is 0 Å². The molecule has 0 aromatic carbocycles. The summed E-state index contributed by atoms with van der Waals surface area (Å²) in [5.41, 5.74) is 5.33. The number of fused-ring (bicyclic) bond motifs is 5. The van der Waals surface area contributed by atoms with Crippen molar-refractivity contribution in [1.29, 1.82) is 0 Å². The summed E-state index contributed by atoms with van der Waals surface area (Å²) in [6, 6.07) is 0. The number of nitrogen functional groups attached to an aromatic ring is 1. The molecular formula is C21H23FN8O9P2S3. The number of ether oxygens (including phenoxy) is 1. The number of nitrogens with two attached hydrogens (primary N) is 1. The molecule has 0 radical (unpaired) electrons. The number of thioether (sulfide) groups is 1. The fourth-order valence-corrected chi connectivity index (χ4v) is 9.89. The first-order valence-corrected chi connectivity index (χ1v) is 19.1. The molecule has 4 aliphatic rings. The number of hydrogen-bond donors (Lipinski definition) is 4. The van der Waals surface area contributed by atoms with Crippen LogP contribution in [0.1, 0.15) is 34.9 Å². The zero-order chi connectivity index (χ0) is 31.0. The molecular weight excluding hydrogens is 685 g/mol. The maximum atomic E-state index is 15.9. The van der Waals surface area contributed by atoms with Crippen LogP contribution in [0.4, 0.5) is 16.2 Å². The van der Waals surface area contributed by atoms with Gasteiger partial charge in [0.15, 0.2) is 28.5 Å². The lowest BCUT2D eigenvalue weighted by molar-refractivity contribution is -0.0411. The number of carbonyl (C=O) groups excluding carboxylic acids is 1. The van der Waals surface area contributed by atoms with E-state index in [0.717, 1.165) is 11.8 Å². The highest BCUT2D eigenvalue weighted by molar-refractivity contribution is 8.07. The maximum absolute atomic E-state index is 15.9. The monoisotopic (exact) mass is 708 g/mol. The van der Waals surface area contributed by atoms with Crippen molar-refractivity contribution >= 4 is 83.7 Å². The van der Waals surface area contributed by atoms with Crippen LogP contribution in [0.5, 0.6) is 0 Å². The molecule has 0 saturated carbocycles. The molecule has 7 rings (SSSR count). The molecule has 44 heavy (non-hydrogen) atoms. The molecule has 0 amide bonds. The average molecular weight is 709 g/mol. The van der Waals surface area contributed by atoms with E-state index in [1.807, 2.05) is 0 Å². The van der Waals surface area contributed by atoms with Gasteiger partial charge in [0.25, 0.3) is 5.56 Å². The van der Waals surface area contributed by atoms with E-state index < -0.39 is 73.5 Å². The molecule has 23 heteroatoms. The summed E-state index contributed by atoms with van der Waals surface area (Å²) in [6.07, 6.45) is -1.50. The number of nitrogens with one attached hydrogen (secondary N) is 1. The smallest absolute Gasteiger partial charge is 0.325 e. The van der Waals surface area contributed by atoms with Crippen LogP contribution in [0.25, 0.3) is 11.2 Å². The number of hydrogen-bond acceptors (Lipinski definition) is 15. The summed E-state index contributed by atoms with van der Waals surface area (Å²) in [6.45, 7) is -8.93. The molecule has 236 valence electrons. The molecule has 2 unspecified atom stereocenters. The van der Waals surface area contributed by atoms with Crippen molar-refractivity contribution in [3.8, 4) is 0 Å². The van der Waals surface area contributed by atoms with Gasteiger partial charge in [-0.2, -0.15) is 4.98 Å². The van der Waals surface area contributed by atoms with Crippen LogP contribution in [0, 0.1) is 0 Å². The van der Waals surface area contributed by atoms with E-state index in [4.69, 9.17) is 52.2 Å². The standard InChI is InChI=1S/C21H23FN8O9P2S3/c22-13-11-5-36-40(33,42)38-9-3-12(29-6-25-14-8(31)1-2-24-17(14)29)37-10(9)4-35-41(34,43)39-16(13)20(44-11)30-7-26-15-18(30)27-21(23)28-19(15)32/h2,6-7,9-13,16,20H,1,3-5H2,(H,33,42)(H,34,43)(H3,23,27,28,32)/t9-,10+,11+,12+,13+,16+,20+,40?,41?/m0/s1. The van der Waals surface area contributed by atoms with Crippen LogP contribution in [0.3, 0.4) is 0 Å². The van der Waals surface area contributed by atoms with E-state index in [0.29, 0.717) is 5.82 Å². The maximum Gasteiger partial charge on any atom is 0.325 e. The van der Waals surface area contributed by atoms with Crippen molar-refractivity contribution in [1.82, 2.24) is 29.1 Å². The predicted molar refractivity (Wildman–Crippen MR) is 160 cm³/mol. The lowest BCUT2D eigenvalue weighted by atomic mass is 10.1. The molecule has 3 fully saturated rings. The number of carbonyl (C=O) groups is 1. The van der Waals surface area contributed by atoms with Crippen molar-refractivity contribution in [2.45, 2.75) is 54.2 Å². The Kier molecular flexibility index (Phi) is 7.91. The van der Waals surface area contributed by atoms with E-state index in [2.05, 4.69) is 24.9 Å². The van der Waals surface area contributed by atoms with Gasteiger partial charge in [0, 0.05) is 19.1 Å². The minimum atomic E-state index is -4.15. The molecule has 5 N–H and O–H groups in total. The van der Waals surface area contributed by atoms with Crippen molar-refractivity contribution in [2.75, 3.05) is 18.9 Å². The van der Waals surface area contributed by atoms with Crippen LogP contribution in [0.2, 0.25) is 0 Å². The Morgan fingerprint density at radius 1 is 1.09 bits per heavy atom. The Hall–Kier alpha value is -2.00. The van der Waals surface area contributed by atoms with Crippen LogP contribution >= 0.6 is 25.2 Å². The third-order valence-corrected chi connectivity index (χ3v) is 12.0. The number of anilines is 1. The zero-order valence-corrected chi connectivity index (χ0v) is 26.4. The topological polar surface area (TPSA) is 223 Å². The van der Waals surface area contributed by atoms with Crippen molar-refractivity contribution < 1.29 is 41.8 Å². The largest absolute Gasteiger partial charge is 0.369 e. The van der Waals surface area contributed by atoms with E-state index in [1.165, 1.54) is 23.4 Å². The number of halogens is 1. The Labute approximate surface area is 260 Å². The zero-order valence-electron chi connectivity index (χ0n) is 22.1. The molecule has 17 nitrogen and oxygen atoms in total. The van der Waals surface area contributed by atoms with Gasteiger partial charge in [-0.25, -0.2) is 19.4 Å².